The molecule has 0 aliphatic heterocycles. The summed E-state index contributed by atoms with van der Waals surface area (Å²) in [5, 5.41) is 0.849. The van der Waals surface area contributed by atoms with Gasteiger partial charge in [0.1, 0.15) is 10.5 Å². The normalized spacial score (nSPS) is 11.9. The smallest absolute Gasteiger partial charge is 0.236 e. The summed E-state index contributed by atoms with van der Waals surface area (Å²) in [7, 11) is 1.63. The molecule has 4 nitrogen and oxygen atoms in total. The molecule has 0 saturated carbocycles. The highest BCUT2D eigenvalue weighted by molar-refractivity contribution is 9.10. The lowest BCUT2D eigenvalue weighted by Crippen LogP contribution is -1.87. The topological polar surface area (TPSA) is 59.9 Å². The molecule has 20 heavy (non-hydrogen) atoms. The Morgan fingerprint density at radius 1 is 1.15 bits per heavy atom. The number of rotatable bonds is 2. The number of hydrogen-bond acceptors (Lipinski definition) is 5. The van der Waals surface area contributed by atoms with Crippen molar-refractivity contribution in [1.82, 2.24) is 9.97 Å². The Kier molecular flexibility index (Phi) is 3.53. The van der Waals surface area contributed by atoms with Crippen molar-refractivity contribution in [2.75, 3.05) is 0 Å². The van der Waals surface area contributed by atoms with Crippen molar-refractivity contribution in [3.8, 4) is 10.6 Å². The zero-order valence-corrected chi connectivity index (χ0v) is 13.7. The van der Waals surface area contributed by atoms with Gasteiger partial charge in [0.25, 0.3) is 9.05 Å². The maximum Gasteiger partial charge on any atom is 0.270 e. The van der Waals surface area contributed by atoms with Crippen molar-refractivity contribution in [2.45, 2.75) is 4.21 Å². The van der Waals surface area contributed by atoms with Crippen LogP contribution in [0.5, 0.6) is 0 Å². The maximum absolute atomic E-state index is 11.3. The van der Waals surface area contributed by atoms with Crippen molar-refractivity contribution >= 4 is 57.9 Å². The molecule has 2 heterocycles. The molecule has 0 amide bonds. The molecule has 0 spiro atoms. The number of halogens is 2. The molecule has 0 bridgehead atoms. The van der Waals surface area contributed by atoms with Crippen LogP contribution in [-0.4, -0.2) is 18.4 Å². The van der Waals surface area contributed by atoms with E-state index < -0.39 is 9.05 Å². The second-order valence-corrected chi connectivity index (χ2v) is 8.73. The van der Waals surface area contributed by atoms with Crippen LogP contribution in [0.3, 0.4) is 0 Å². The van der Waals surface area contributed by atoms with Crippen LogP contribution >= 0.6 is 37.9 Å². The van der Waals surface area contributed by atoms with Crippen LogP contribution in [0.1, 0.15) is 0 Å². The fourth-order valence-corrected chi connectivity index (χ4v) is 4.25. The van der Waals surface area contributed by atoms with E-state index in [1.54, 1.807) is 6.07 Å². The molecule has 0 atom stereocenters. The molecule has 1 aromatic carbocycles. The zero-order valence-electron chi connectivity index (χ0n) is 9.75. The van der Waals surface area contributed by atoms with Gasteiger partial charge in [-0.2, -0.15) is 0 Å². The third kappa shape index (κ3) is 2.58. The first-order valence-electron chi connectivity index (χ1n) is 5.40. The van der Waals surface area contributed by atoms with Crippen molar-refractivity contribution in [2.24, 2.45) is 0 Å². The van der Waals surface area contributed by atoms with Gasteiger partial charge in [0.15, 0.2) is 0 Å². The van der Waals surface area contributed by atoms with Crippen molar-refractivity contribution in [3.63, 3.8) is 0 Å². The minimum atomic E-state index is -3.71. The fraction of sp³-hybridized carbons (Fsp3) is 0. The molecule has 3 rings (SSSR count). The van der Waals surface area contributed by atoms with Crippen LogP contribution in [0.15, 0.2) is 45.3 Å². The highest BCUT2D eigenvalue weighted by atomic mass is 79.9. The van der Waals surface area contributed by atoms with Crippen LogP contribution < -0.4 is 0 Å². The minimum Gasteiger partial charge on any atom is -0.236 e. The number of aromatic nitrogens is 2. The van der Waals surface area contributed by atoms with Crippen LogP contribution in [0.2, 0.25) is 0 Å². The largest absolute Gasteiger partial charge is 0.270 e. The SMILES string of the molecule is O=S(=O)(Cl)c1ccc(-c2ncnc3ccc(Br)cc23)s1. The molecule has 2 aromatic heterocycles. The Bertz CT molecular complexity index is 909. The average molecular weight is 390 g/mol. The van der Waals surface area contributed by atoms with Gasteiger partial charge in [0.05, 0.1) is 16.1 Å². The molecule has 3 aromatic rings. The molecule has 0 fully saturated rings. The van der Waals surface area contributed by atoms with Gasteiger partial charge < -0.3 is 0 Å². The highest BCUT2D eigenvalue weighted by Gasteiger charge is 2.16. The summed E-state index contributed by atoms with van der Waals surface area (Å²) in [4.78, 5) is 9.18. The van der Waals surface area contributed by atoms with Gasteiger partial charge in [-0.3, -0.25) is 0 Å². The Labute approximate surface area is 132 Å². The molecular formula is C12H6BrClN2O2S2. The first-order valence-corrected chi connectivity index (χ1v) is 9.32. The lowest BCUT2D eigenvalue weighted by atomic mass is 10.1. The number of benzene rings is 1. The van der Waals surface area contributed by atoms with E-state index in [-0.39, 0.29) is 4.21 Å². The molecule has 0 N–H and O–H groups in total. The number of hydrogen-bond donors (Lipinski definition) is 0. The minimum absolute atomic E-state index is 0.107. The van der Waals surface area contributed by atoms with E-state index in [0.29, 0.717) is 5.69 Å². The Balaban J connectivity index is 2.24. The third-order valence-electron chi connectivity index (χ3n) is 2.65. The number of thiophene rings is 1. The highest BCUT2D eigenvalue weighted by Crippen LogP contribution is 2.35. The Morgan fingerprint density at radius 2 is 1.95 bits per heavy atom. The maximum atomic E-state index is 11.3. The lowest BCUT2D eigenvalue weighted by Gasteiger charge is -2.03. The van der Waals surface area contributed by atoms with Crippen LogP contribution in [0.25, 0.3) is 21.5 Å². The van der Waals surface area contributed by atoms with Crippen LogP contribution in [-0.2, 0) is 9.05 Å². The van der Waals surface area contributed by atoms with Crippen molar-refractivity contribution in [3.05, 3.63) is 41.1 Å². The van der Waals surface area contributed by atoms with E-state index in [9.17, 15) is 8.42 Å². The second kappa shape index (κ2) is 5.07. The lowest BCUT2D eigenvalue weighted by molar-refractivity contribution is 0.611. The molecule has 0 aliphatic rings. The molecular weight excluding hydrogens is 384 g/mol. The molecule has 0 aliphatic carbocycles. The monoisotopic (exact) mass is 388 g/mol. The van der Waals surface area contributed by atoms with E-state index in [2.05, 4.69) is 25.9 Å². The van der Waals surface area contributed by atoms with E-state index in [0.717, 1.165) is 31.6 Å². The first-order chi connectivity index (χ1) is 9.45. The molecule has 0 saturated heterocycles. The van der Waals surface area contributed by atoms with Gasteiger partial charge >= 0.3 is 0 Å². The predicted molar refractivity (Wildman–Crippen MR) is 83.6 cm³/mol. The van der Waals surface area contributed by atoms with Gasteiger partial charge in [-0.15, -0.1) is 11.3 Å². The molecule has 0 unspecified atom stereocenters. The molecule has 0 radical (unpaired) electrons. The van der Waals surface area contributed by atoms with Gasteiger partial charge in [0.2, 0.25) is 0 Å². The first kappa shape index (κ1) is 13.9. The van der Waals surface area contributed by atoms with Crippen LogP contribution in [0.4, 0.5) is 0 Å². The summed E-state index contributed by atoms with van der Waals surface area (Å²) in [5.41, 5.74) is 1.48. The van der Waals surface area contributed by atoms with Crippen LogP contribution in [0, 0.1) is 0 Å². The van der Waals surface area contributed by atoms with Crippen molar-refractivity contribution in [1.29, 1.82) is 0 Å². The third-order valence-corrected chi connectivity index (χ3v) is 6.33. The van der Waals surface area contributed by atoms with Gasteiger partial charge in [-0.25, -0.2) is 18.4 Å². The summed E-state index contributed by atoms with van der Waals surface area (Å²) in [5.74, 6) is 0. The second-order valence-electron chi connectivity index (χ2n) is 3.94. The summed E-state index contributed by atoms with van der Waals surface area (Å²) >= 11 is 4.50. The standard InChI is InChI=1S/C12H6BrClN2O2S2/c13-7-1-2-9-8(5-7)12(16-6-15-9)10-3-4-11(19-10)20(14,17)18/h1-6H. The number of nitrogens with zero attached hydrogens (tertiary/aromatic N) is 2. The quantitative estimate of drug-likeness (QED) is 0.620. The molecule has 102 valence electrons. The molecule has 8 heteroatoms. The van der Waals surface area contributed by atoms with Gasteiger partial charge in [-0.05, 0) is 30.3 Å². The predicted octanol–water partition coefficient (Wildman–Crippen LogP) is 4.05. The van der Waals surface area contributed by atoms with E-state index in [4.69, 9.17) is 10.7 Å². The summed E-state index contributed by atoms with van der Waals surface area (Å²) in [6.45, 7) is 0. The van der Waals surface area contributed by atoms with Gasteiger partial charge in [0, 0.05) is 20.5 Å². The van der Waals surface area contributed by atoms with E-state index >= 15 is 0 Å². The van der Waals surface area contributed by atoms with Crippen molar-refractivity contribution < 1.29 is 8.42 Å². The van der Waals surface area contributed by atoms with Gasteiger partial charge in [-0.1, -0.05) is 15.9 Å². The zero-order chi connectivity index (χ0) is 14.3. The van der Waals surface area contributed by atoms with E-state index in [1.807, 2.05) is 18.2 Å². The van der Waals surface area contributed by atoms with E-state index in [1.165, 1.54) is 12.4 Å². The summed E-state index contributed by atoms with van der Waals surface area (Å²) in [6, 6.07) is 8.84. The summed E-state index contributed by atoms with van der Waals surface area (Å²) in [6.07, 6.45) is 1.46. The summed E-state index contributed by atoms with van der Waals surface area (Å²) < 4.78 is 23.7. The Morgan fingerprint density at radius 3 is 2.65 bits per heavy atom. The average Bonchev–Trinajstić information content (AvgIpc) is 2.87. The fourth-order valence-electron chi connectivity index (χ4n) is 1.80. The number of fused-ring (bicyclic) bond motifs is 1. The Hall–Kier alpha value is -1.02.